The third-order valence-electron chi connectivity index (χ3n) is 5.56. The number of hydrogen-bond donors (Lipinski definition) is 2. The molecule has 0 aliphatic carbocycles. The molecule has 1 aliphatic rings. The van der Waals surface area contributed by atoms with Crippen LogP contribution < -0.4 is 15.5 Å². The molecule has 2 amide bonds. The Labute approximate surface area is 218 Å². The number of carbonyl (C=O) groups is 2. The van der Waals surface area contributed by atoms with Gasteiger partial charge >= 0.3 is 0 Å². The molecule has 1 heterocycles. The molecular formula is C26H24Cl2N4O2S. The van der Waals surface area contributed by atoms with E-state index in [0.717, 1.165) is 11.3 Å². The van der Waals surface area contributed by atoms with E-state index in [-0.39, 0.29) is 24.1 Å². The molecule has 3 aromatic carbocycles. The van der Waals surface area contributed by atoms with Crippen LogP contribution in [-0.4, -0.2) is 34.8 Å². The van der Waals surface area contributed by atoms with Gasteiger partial charge < -0.3 is 10.6 Å². The third-order valence-corrected chi connectivity index (χ3v) is 7.27. The largest absolute Gasteiger partial charge is 0.350 e. The minimum atomic E-state index is -1.19. The number of nitrogens with zero attached hydrogens (tertiary/aromatic N) is 2. The maximum atomic E-state index is 13.6. The first kappa shape index (κ1) is 25.1. The topological polar surface area (TPSA) is 73.8 Å². The van der Waals surface area contributed by atoms with Crippen molar-refractivity contribution in [2.75, 3.05) is 22.5 Å². The monoisotopic (exact) mass is 526 g/mol. The third kappa shape index (κ3) is 6.17. The van der Waals surface area contributed by atoms with Gasteiger partial charge in [0.25, 0.3) is 0 Å². The summed E-state index contributed by atoms with van der Waals surface area (Å²) in [5.41, 5.74) is 1.16. The first-order valence-electron chi connectivity index (χ1n) is 11.0. The first-order chi connectivity index (χ1) is 16.8. The predicted octanol–water partition coefficient (Wildman–Crippen LogP) is 5.62. The minimum Gasteiger partial charge on any atom is -0.350 e. The van der Waals surface area contributed by atoms with Gasteiger partial charge in [0.15, 0.2) is 5.17 Å². The number of anilines is 2. The summed E-state index contributed by atoms with van der Waals surface area (Å²) in [5.74, 6) is -0.271. The van der Waals surface area contributed by atoms with Crippen LogP contribution in [0.1, 0.15) is 12.5 Å². The molecule has 180 valence electrons. The SMILES string of the molecule is CC1(C(=O)NCc2ccccc2)CSC(Nc2ccc(Cl)cc2)=NCC(=O)N1c1ccc(Cl)cc1. The molecular weight excluding hydrogens is 503 g/mol. The normalized spacial score (nSPS) is 18.3. The number of rotatable bonds is 5. The molecule has 0 spiro atoms. The summed E-state index contributed by atoms with van der Waals surface area (Å²) in [7, 11) is 0. The second-order valence-corrected chi connectivity index (χ2v) is 10.0. The molecule has 0 aromatic heterocycles. The number of halogens is 2. The molecule has 35 heavy (non-hydrogen) atoms. The number of aliphatic imine (C=N–C) groups is 1. The van der Waals surface area contributed by atoms with E-state index in [1.54, 1.807) is 43.3 Å². The smallest absolute Gasteiger partial charge is 0.249 e. The summed E-state index contributed by atoms with van der Waals surface area (Å²) in [4.78, 5) is 33.1. The number of amidine groups is 1. The van der Waals surface area contributed by atoms with Crippen molar-refractivity contribution in [3.8, 4) is 0 Å². The highest BCUT2D eigenvalue weighted by molar-refractivity contribution is 8.14. The molecule has 1 unspecified atom stereocenters. The van der Waals surface area contributed by atoms with E-state index < -0.39 is 5.54 Å². The van der Waals surface area contributed by atoms with E-state index in [1.807, 2.05) is 42.5 Å². The zero-order valence-electron chi connectivity index (χ0n) is 19.0. The van der Waals surface area contributed by atoms with Crippen molar-refractivity contribution in [2.45, 2.75) is 19.0 Å². The Morgan fingerprint density at radius 2 is 1.63 bits per heavy atom. The molecule has 0 bridgehead atoms. The van der Waals surface area contributed by atoms with Crippen molar-refractivity contribution in [3.05, 3.63) is 94.5 Å². The Bertz CT molecular complexity index is 1220. The first-order valence-corrected chi connectivity index (χ1v) is 12.7. The van der Waals surface area contributed by atoms with Gasteiger partial charge in [0, 0.05) is 33.7 Å². The molecule has 0 saturated heterocycles. The van der Waals surface area contributed by atoms with Crippen molar-refractivity contribution in [2.24, 2.45) is 4.99 Å². The number of benzene rings is 3. The molecule has 9 heteroatoms. The van der Waals surface area contributed by atoms with Gasteiger partial charge in [-0.1, -0.05) is 65.3 Å². The lowest BCUT2D eigenvalue weighted by molar-refractivity contribution is -0.129. The molecule has 6 nitrogen and oxygen atoms in total. The Morgan fingerprint density at radius 3 is 2.29 bits per heavy atom. The van der Waals surface area contributed by atoms with Crippen LogP contribution in [0.15, 0.2) is 83.9 Å². The highest BCUT2D eigenvalue weighted by atomic mass is 35.5. The summed E-state index contributed by atoms with van der Waals surface area (Å²) < 4.78 is 0. The van der Waals surface area contributed by atoms with Crippen LogP contribution in [0.25, 0.3) is 0 Å². The van der Waals surface area contributed by atoms with Crippen LogP contribution in [0.3, 0.4) is 0 Å². The summed E-state index contributed by atoms with van der Waals surface area (Å²) in [6, 6.07) is 23.7. The average molecular weight is 527 g/mol. The van der Waals surface area contributed by atoms with Crippen LogP contribution in [0.5, 0.6) is 0 Å². The van der Waals surface area contributed by atoms with E-state index in [2.05, 4.69) is 15.6 Å². The zero-order valence-corrected chi connectivity index (χ0v) is 21.3. The second kappa shape index (κ2) is 11.2. The van der Waals surface area contributed by atoms with Gasteiger partial charge in [-0.3, -0.25) is 19.5 Å². The summed E-state index contributed by atoms with van der Waals surface area (Å²) in [6.45, 7) is 2.01. The number of carbonyl (C=O) groups excluding carboxylic acids is 2. The fraction of sp³-hybridized carbons (Fsp3) is 0.192. The van der Waals surface area contributed by atoms with Crippen molar-refractivity contribution in [1.82, 2.24) is 5.32 Å². The summed E-state index contributed by atoms with van der Waals surface area (Å²) >= 11 is 13.4. The van der Waals surface area contributed by atoms with Gasteiger partial charge in [-0.15, -0.1) is 0 Å². The fourth-order valence-electron chi connectivity index (χ4n) is 3.69. The standard InChI is InChI=1S/C26H24Cl2N4O2S/c1-26(24(34)29-15-18-5-3-2-4-6-18)17-35-25(31-21-11-7-19(27)8-12-21)30-16-23(33)32(26)22-13-9-20(28)10-14-22/h2-14H,15-17H2,1H3,(H,29,34)(H,30,31). The molecule has 3 aromatic rings. The van der Waals surface area contributed by atoms with E-state index in [1.165, 1.54) is 16.7 Å². The Balaban J connectivity index is 1.63. The van der Waals surface area contributed by atoms with E-state index in [9.17, 15) is 9.59 Å². The molecule has 0 fully saturated rings. The van der Waals surface area contributed by atoms with Crippen LogP contribution >= 0.6 is 35.0 Å². The number of thioether (sulfide) groups is 1. The minimum absolute atomic E-state index is 0.118. The molecule has 2 N–H and O–H groups in total. The molecule has 4 rings (SSSR count). The van der Waals surface area contributed by atoms with Crippen LogP contribution in [0.4, 0.5) is 11.4 Å². The predicted molar refractivity (Wildman–Crippen MR) is 145 cm³/mol. The number of nitrogens with one attached hydrogen (secondary N) is 2. The van der Waals surface area contributed by atoms with Crippen molar-refractivity contribution in [3.63, 3.8) is 0 Å². The molecule has 0 radical (unpaired) electrons. The molecule has 0 saturated carbocycles. The lowest BCUT2D eigenvalue weighted by Crippen LogP contribution is -2.62. The van der Waals surface area contributed by atoms with Crippen LogP contribution in [0, 0.1) is 0 Å². The fourth-order valence-corrected chi connectivity index (χ4v) is 4.97. The van der Waals surface area contributed by atoms with Crippen LogP contribution in [0.2, 0.25) is 10.0 Å². The molecule has 1 atom stereocenters. The number of amides is 2. The maximum absolute atomic E-state index is 13.6. The van der Waals surface area contributed by atoms with Crippen LogP contribution in [-0.2, 0) is 16.1 Å². The number of hydrogen-bond acceptors (Lipinski definition) is 5. The average Bonchev–Trinajstić information content (AvgIpc) is 2.86. The van der Waals surface area contributed by atoms with Gasteiger partial charge in [-0.25, -0.2) is 0 Å². The van der Waals surface area contributed by atoms with Crippen molar-refractivity contribution in [1.29, 1.82) is 0 Å². The summed E-state index contributed by atoms with van der Waals surface area (Å²) in [5, 5.41) is 7.97. The zero-order chi connectivity index (χ0) is 24.8. The quantitative estimate of drug-likeness (QED) is 0.452. The van der Waals surface area contributed by atoms with Gasteiger partial charge in [-0.2, -0.15) is 0 Å². The summed E-state index contributed by atoms with van der Waals surface area (Å²) in [6.07, 6.45) is 0. The lowest BCUT2D eigenvalue weighted by atomic mass is 9.99. The second-order valence-electron chi connectivity index (χ2n) is 8.19. The van der Waals surface area contributed by atoms with Gasteiger partial charge in [0.1, 0.15) is 12.1 Å². The van der Waals surface area contributed by atoms with Gasteiger partial charge in [0.05, 0.1) is 0 Å². The highest BCUT2D eigenvalue weighted by Crippen LogP contribution is 2.32. The molecule has 1 aliphatic heterocycles. The lowest BCUT2D eigenvalue weighted by Gasteiger charge is -2.40. The Kier molecular flexibility index (Phi) is 8.00. The van der Waals surface area contributed by atoms with Gasteiger partial charge in [-0.05, 0) is 61.0 Å². The van der Waals surface area contributed by atoms with Crippen molar-refractivity contribution < 1.29 is 9.59 Å². The highest BCUT2D eigenvalue weighted by Gasteiger charge is 2.44. The van der Waals surface area contributed by atoms with E-state index in [0.29, 0.717) is 27.4 Å². The van der Waals surface area contributed by atoms with E-state index >= 15 is 0 Å². The van der Waals surface area contributed by atoms with E-state index in [4.69, 9.17) is 23.2 Å². The maximum Gasteiger partial charge on any atom is 0.249 e. The Morgan fingerprint density at radius 1 is 1.00 bits per heavy atom. The van der Waals surface area contributed by atoms with Crippen molar-refractivity contribution >= 4 is 63.3 Å². The van der Waals surface area contributed by atoms with Gasteiger partial charge in [0.2, 0.25) is 11.8 Å². The Hall–Kier alpha value is -3.00.